The molecule has 0 saturated heterocycles. The number of hydrogen-bond acceptors (Lipinski definition) is 3. The van der Waals surface area contributed by atoms with Gasteiger partial charge in [-0.25, -0.2) is 0 Å². The molecule has 2 heterocycles. The molecule has 3 heteroatoms. The highest BCUT2D eigenvalue weighted by Crippen LogP contribution is 2.43. The van der Waals surface area contributed by atoms with E-state index in [0.717, 1.165) is 90.3 Å². The van der Waals surface area contributed by atoms with Gasteiger partial charge in [0.05, 0.1) is 0 Å². The van der Waals surface area contributed by atoms with Crippen LogP contribution in [0.1, 0.15) is 18.4 Å². The number of fused-ring (bicyclic) bond motifs is 8. The van der Waals surface area contributed by atoms with E-state index >= 15 is 0 Å². The lowest BCUT2D eigenvalue weighted by atomic mass is 9.94. The number of furan rings is 2. The van der Waals surface area contributed by atoms with Gasteiger partial charge in [-0.05, 0) is 106 Å². The van der Waals surface area contributed by atoms with E-state index in [-0.39, 0.29) is 0 Å². The van der Waals surface area contributed by atoms with Crippen molar-refractivity contribution in [2.75, 3.05) is 4.90 Å². The molecule has 8 aromatic carbocycles. The number of para-hydroxylation sites is 1. The molecular weight excluding hydrogens is 671 g/mol. The standard InChI is InChI=1S/C52H35NO2/c1-3-13-34(14-4-1)36-17-11-19-39(29-36)53(40-20-12-18-37(30-40)38-25-27-44-43-22-9-10-24-49(43)54-50(44)31-38)41-26-28-45-48-33-47(35-15-5-2-6-16-35)42-21-7-8-23-46(42)52(48)55-51(45)32-41/h1-10,12-16,18-33H,11,17H2. The summed E-state index contributed by atoms with van der Waals surface area (Å²) in [4.78, 5) is 2.38. The van der Waals surface area contributed by atoms with Gasteiger partial charge in [0.2, 0.25) is 0 Å². The van der Waals surface area contributed by atoms with Crippen LogP contribution in [0.15, 0.2) is 203 Å². The number of hydrogen-bond donors (Lipinski definition) is 0. The Labute approximate surface area is 318 Å². The van der Waals surface area contributed by atoms with Crippen molar-refractivity contribution >= 4 is 71.6 Å². The molecule has 0 fully saturated rings. The summed E-state index contributed by atoms with van der Waals surface area (Å²) in [5.41, 5.74) is 14.1. The van der Waals surface area contributed by atoms with Crippen molar-refractivity contribution in [1.29, 1.82) is 0 Å². The third-order valence-electron chi connectivity index (χ3n) is 11.1. The molecule has 1 aliphatic carbocycles. The zero-order valence-corrected chi connectivity index (χ0v) is 30.1. The second-order valence-corrected chi connectivity index (χ2v) is 14.4. The number of anilines is 2. The molecule has 0 radical (unpaired) electrons. The third-order valence-corrected chi connectivity index (χ3v) is 11.1. The summed E-state index contributed by atoms with van der Waals surface area (Å²) in [5.74, 6) is 0. The number of rotatable bonds is 6. The molecule has 3 nitrogen and oxygen atoms in total. The quantitative estimate of drug-likeness (QED) is 0.172. The van der Waals surface area contributed by atoms with Crippen LogP contribution in [0.4, 0.5) is 11.4 Å². The Morgan fingerprint density at radius 1 is 0.400 bits per heavy atom. The van der Waals surface area contributed by atoms with Crippen molar-refractivity contribution in [2.45, 2.75) is 12.8 Å². The molecule has 10 aromatic rings. The van der Waals surface area contributed by atoms with E-state index in [1.807, 2.05) is 12.1 Å². The number of nitrogens with zero attached hydrogens (tertiary/aromatic N) is 1. The summed E-state index contributed by atoms with van der Waals surface area (Å²) in [6.45, 7) is 0. The lowest BCUT2D eigenvalue weighted by Crippen LogP contribution is -2.17. The van der Waals surface area contributed by atoms with Gasteiger partial charge >= 0.3 is 0 Å². The van der Waals surface area contributed by atoms with Crippen LogP contribution < -0.4 is 4.90 Å². The Balaban J connectivity index is 1.08. The zero-order chi connectivity index (χ0) is 36.3. The minimum Gasteiger partial charge on any atom is -0.456 e. The lowest BCUT2D eigenvalue weighted by molar-refractivity contribution is 0.669. The Bertz CT molecular complexity index is 3150. The minimum atomic E-state index is 0.864. The molecule has 2 aromatic heterocycles. The van der Waals surface area contributed by atoms with E-state index < -0.39 is 0 Å². The van der Waals surface area contributed by atoms with E-state index in [1.54, 1.807) is 0 Å². The predicted molar refractivity (Wildman–Crippen MR) is 230 cm³/mol. The van der Waals surface area contributed by atoms with Crippen molar-refractivity contribution in [2.24, 2.45) is 0 Å². The second kappa shape index (κ2) is 12.8. The number of allylic oxidation sites excluding steroid dienone is 3. The number of benzene rings is 8. The highest BCUT2D eigenvalue weighted by molar-refractivity contribution is 6.19. The molecule has 0 bridgehead atoms. The van der Waals surface area contributed by atoms with Crippen LogP contribution in [0, 0.1) is 0 Å². The SMILES string of the molecule is C1=C(c2ccccc2)CCC=C1N(c1cccc(-c2ccc3c(c2)oc2ccccc23)c1)c1ccc2c(c1)oc1c3ccccc3c(-c3ccccc3)cc21. The molecular formula is C52H35NO2. The van der Waals surface area contributed by atoms with Gasteiger partial charge in [-0.3, -0.25) is 0 Å². The van der Waals surface area contributed by atoms with Gasteiger partial charge in [0, 0.05) is 50.1 Å². The van der Waals surface area contributed by atoms with E-state index in [4.69, 9.17) is 8.83 Å². The Hall–Kier alpha value is -7.10. The van der Waals surface area contributed by atoms with E-state index in [1.165, 1.54) is 27.6 Å². The second-order valence-electron chi connectivity index (χ2n) is 14.4. The molecule has 0 atom stereocenters. The summed E-state index contributed by atoms with van der Waals surface area (Å²) in [5, 5.41) is 6.80. The Kier molecular flexibility index (Phi) is 7.31. The third kappa shape index (κ3) is 5.35. The first-order valence-corrected chi connectivity index (χ1v) is 19.0. The molecule has 0 unspecified atom stereocenters. The van der Waals surface area contributed by atoms with Gasteiger partial charge in [-0.1, -0.05) is 127 Å². The fourth-order valence-corrected chi connectivity index (χ4v) is 8.48. The molecule has 0 saturated carbocycles. The van der Waals surface area contributed by atoms with Crippen molar-refractivity contribution in [3.63, 3.8) is 0 Å². The minimum absolute atomic E-state index is 0.864. The fourth-order valence-electron chi connectivity index (χ4n) is 8.48. The summed E-state index contributed by atoms with van der Waals surface area (Å²) in [6, 6.07) is 62.6. The summed E-state index contributed by atoms with van der Waals surface area (Å²) < 4.78 is 13.1. The molecule has 0 N–H and O–H groups in total. The normalized spacial score (nSPS) is 13.2. The summed E-state index contributed by atoms with van der Waals surface area (Å²) >= 11 is 0. The van der Waals surface area contributed by atoms with Crippen molar-refractivity contribution in [3.8, 4) is 22.3 Å². The van der Waals surface area contributed by atoms with Crippen LogP contribution in [-0.4, -0.2) is 0 Å². The van der Waals surface area contributed by atoms with Crippen LogP contribution in [-0.2, 0) is 0 Å². The van der Waals surface area contributed by atoms with Crippen LogP contribution in [0.5, 0.6) is 0 Å². The topological polar surface area (TPSA) is 29.5 Å². The van der Waals surface area contributed by atoms with E-state index in [9.17, 15) is 0 Å². The average Bonchev–Trinajstić information content (AvgIpc) is 3.82. The first-order valence-electron chi connectivity index (χ1n) is 19.0. The molecule has 11 rings (SSSR count). The highest BCUT2D eigenvalue weighted by Gasteiger charge is 2.21. The maximum atomic E-state index is 6.85. The summed E-state index contributed by atoms with van der Waals surface area (Å²) in [6.07, 6.45) is 6.67. The van der Waals surface area contributed by atoms with Crippen molar-refractivity contribution < 1.29 is 8.83 Å². The zero-order valence-electron chi connectivity index (χ0n) is 30.1. The van der Waals surface area contributed by atoms with E-state index in [0.29, 0.717) is 0 Å². The van der Waals surface area contributed by atoms with Crippen LogP contribution in [0.2, 0.25) is 0 Å². The smallest absolute Gasteiger partial charge is 0.143 e. The van der Waals surface area contributed by atoms with Crippen molar-refractivity contribution in [3.05, 3.63) is 199 Å². The molecule has 0 aliphatic heterocycles. The molecule has 260 valence electrons. The maximum Gasteiger partial charge on any atom is 0.143 e. The Morgan fingerprint density at radius 2 is 1.04 bits per heavy atom. The Morgan fingerprint density at radius 3 is 1.89 bits per heavy atom. The predicted octanol–water partition coefficient (Wildman–Crippen LogP) is 14.9. The molecule has 0 spiro atoms. The van der Waals surface area contributed by atoms with Crippen LogP contribution >= 0.6 is 0 Å². The first-order chi connectivity index (χ1) is 27.2. The van der Waals surface area contributed by atoms with Crippen LogP contribution in [0.25, 0.3) is 82.5 Å². The maximum absolute atomic E-state index is 6.85. The van der Waals surface area contributed by atoms with E-state index in [2.05, 4.69) is 181 Å². The van der Waals surface area contributed by atoms with Gasteiger partial charge < -0.3 is 13.7 Å². The van der Waals surface area contributed by atoms with Gasteiger partial charge in [0.25, 0.3) is 0 Å². The monoisotopic (exact) mass is 705 g/mol. The van der Waals surface area contributed by atoms with Gasteiger partial charge in [0.1, 0.15) is 22.3 Å². The fraction of sp³-hybridized carbons (Fsp3) is 0.0385. The van der Waals surface area contributed by atoms with Gasteiger partial charge in [-0.2, -0.15) is 0 Å². The molecule has 0 amide bonds. The lowest BCUT2D eigenvalue weighted by Gasteiger charge is -2.29. The van der Waals surface area contributed by atoms with Crippen molar-refractivity contribution in [1.82, 2.24) is 0 Å². The largest absolute Gasteiger partial charge is 0.456 e. The average molecular weight is 706 g/mol. The van der Waals surface area contributed by atoms with Gasteiger partial charge in [0.15, 0.2) is 0 Å². The summed E-state index contributed by atoms with van der Waals surface area (Å²) in [7, 11) is 0. The van der Waals surface area contributed by atoms with Crippen LogP contribution in [0.3, 0.4) is 0 Å². The highest BCUT2D eigenvalue weighted by atomic mass is 16.3. The molecule has 55 heavy (non-hydrogen) atoms. The van der Waals surface area contributed by atoms with Gasteiger partial charge in [-0.15, -0.1) is 0 Å². The molecule has 1 aliphatic rings. The first kappa shape index (κ1) is 31.4.